The molecule has 5 nitrogen and oxygen atoms in total. The number of halogens is 1. The van der Waals surface area contributed by atoms with Gasteiger partial charge >= 0.3 is 0 Å². The number of aromatic nitrogens is 2. The zero-order valence-corrected chi connectivity index (χ0v) is 16.1. The van der Waals surface area contributed by atoms with E-state index in [0.717, 1.165) is 32.4 Å². The molecule has 3 heterocycles. The van der Waals surface area contributed by atoms with Crippen LogP contribution < -0.4 is 0 Å². The summed E-state index contributed by atoms with van der Waals surface area (Å²) in [5.74, 6) is -0.898. The number of nitrogens with zero attached hydrogens (tertiary/aromatic N) is 4. The molecule has 2 aromatic heterocycles. The van der Waals surface area contributed by atoms with Crippen LogP contribution in [0.25, 0.3) is 5.65 Å². The van der Waals surface area contributed by atoms with E-state index in [1.807, 2.05) is 23.1 Å². The van der Waals surface area contributed by atoms with Gasteiger partial charge in [0.2, 0.25) is 5.95 Å². The number of fused-ring (bicyclic) bond motifs is 1. The summed E-state index contributed by atoms with van der Waals surface area (Å²) in [5.41, 5.74) is 1.54. The lowest BCUT2D eigenvalue weighted by atomic mass is 10.0. The average Bonchev–Trinajstić information content (AvgIpc) is 3.07. The first kappa shape index (κ1) is 18.6. The standard InChI is InChI=1S/C22H25FN4O/c1-25-14-11-18(12-15-25)26(16-10-17-7-3-2-4-8-17)22(28)20-21(23)27-13-6-5-9-19(27)24-20/h2-9,13,18H,10-12,14-16H2,1H3. The molecule has 1 aliphatic heterocycles. The van der Waals surface area contributed by atoms with E-state index >= 15 is 0 Å². The van der Waals surface area contributed by atoms with Gasteiger partial charge in [-0.15, -0.1) is 0 Å². The number of carbonyl (C=O) groups excluding carboxylic acids is 1. The number of likely N-dealkylation sites (tertiary alicyclic amines) is 1. The van der Waals surface area contributed by atoms with Crippen LogP contribution in [0.15, 0.2) is 54.7 Å². The van der Waals surface area contributed by atoms with Crippen LogP contribution in [-0.4, -0.2) is 57.8 Å². The predicted molar refractivity (Wildman–Crippen MR) is 107 cm³/mol. The Hall–Kier alpha value is -2.73. The van der Waals surface area contributed by atoms with Crippen LogP contribution in [-0.2, 0) is 6.42 Å². The number of benzene rings is 1. The number of rotatable bonds is 5. The van der Waals surface area contributed by atoms with Crippen LogP contribution in [0.1, 0.15) is 28.9 Å². The number of hydrogen-bond donors (Lipinski definition) is 0. The molecule has 0 atom stereocenters. The Morgan fingerprint density at radius 2 is 1.86 bits per heavy atom. The van der Waals surface area contributed by atoms with E-state index in [2.05, 4.69) is 29.1 Å². The van der Waals surface area contributed by atoms with Gasteiger partial charge in [-0.1, -0.05) is 36.4 Å². The molecule has 0 bridgehead atoms. The average molecular weight is 380 g/mol. The molecule has 0 N–H and O–H groups in total. The molecule has 3 aromatic rings. The minimum atomic E-state index is -0.585. The summed E-state index contributed by atoms with van der Waals surface area (Å²) in [6.45, 7) is 2.44. The minimum absolute atomic E-state index is 0.0850. The van der Waals surface area contributed by atoms with Gasteiger partial charge in [-0.2, -0.15) is 4.39 Å². The first-order valence-electron chi connectivity index (χ1n) is 9.79. The highest BCUT2D eigenvalue weighted by Crippen LogP contribution is 2.21. The molecule has 1 saturated heterocycles. The second kappa shape index (κ2) is 8.10. The van der Waals surface area contributed by atoms with Gasteiger partial charge in [-0.05, 0) is 57.1 Å². The van der Waals surface area contributed by atoms with Crippen molar-refractivity contribution < 1.29 is 9.18 Å². The van der Waals surface area contributed by atoms with Crippen LogP contribution in [0.5, 0.6) is 0 Å². The molecule has 4 rings (SSSR count). The van der Waals surface area contributed by atoms with Gasteiger partial charge in [0.1, 0.15) is 5.65 Å². The predicted octanol–water partition coefficient (Wildman–Crippen LogP) is 3.25. The molecule has 0 saturated carbocycles. The molecular formula is C22H25FN4O. The largest absolute Gasteiger partial charge is 0.334 e. The Balaban J connectivity index is 1.61. The van der Waals surface area contributed by atoms with E-state index < -0.39 is 5.95 Å². The maximum absolute atomic E-state index is 14.9. The highest BCUT2D eigenvalue weighted by molar-refractivity contribution is 5.93. The zero-order chi connectivity index (χ0) is 19.5. The molecule has 0 radical (unpaired) electrons. The maximum atomic E-state index is 14.9. The molecule has 28 heavy (non-hydrogen) atoms. The lowest BCUT2D eigenvalue weighted by Crippen LogP contribution is -2.47. The smallest absolute Gasteiger partial charge is 0.277 e. The van der Waals surface area contributed by atoms with Crippen molar-refractivity contribution in [1.82, 2.24) is 19.2 Å². The topological polar surface area (TPSA) is 40.8 Å². The highest BCUT2D eigenvalue weighted by Gasteiger charge is 2.31. The van der Waals surface area contributed by atoms with Crippen molar-refractivity contribution in [2.75, 3.05) is 26.7 Å². The lowest BCUT2D eigenvalue weighted by Gasteiger charge is -2.37. The first-order valence-corrected chi connectivity index (χ1v) is 9.79. The SMILES string of the molecule is CN1CCC(N(CCc2ccccc2)C(=O)c2nc3ccccn3c2F)CC1. The maximum Gasteiger partial charge on any atom is 0.277 e. The quantitative estimate of drug-likeness (QED) is 0.682. The fourth-order valence-electron chi connectivity index (χ4n) is 3.89. The summed E-state index contributed by atoms with van der Waals surface area (Å²) in [5, 5.41) is 0. The van der Waals surface area contributed by atoms with Crippen molar-refractivity contribution in [2.24, 2.45) is 0 Å². The number of imidazole rings is 1. The molecule has 0 unspecified atom stereocenters. The van der Waals surface area contributed by atoms with E-state index in [0.29, 0.717) is 12.2 Å². The second-order valence-electron chi connectivity index (χ2n) is 7.45. The molecular weight excluding hydrogens is 355 g/mol. The molecule has 1 amide bonds. The van der Waals surface area contributed by atoms with Crippen molar-refractivity contribution in [3.8, 4) is 0 Å². The Morgan fingerprint density at radius 3 is 2.57 bits per heavy atom. The summed E-state index contributed by atoms with van der Waals surface area (Å²) in [4.78, 5) is 21.7. The van der Waals surface area contributed by atoms with Gasteiger partial charge in [-0.25, -0.2) is 4.98 Å². The summed E-state index contributed by atoms with van der Waals surface area (Å²) in [7, 11) is 2.09. The van der Waals surface area contributed by atoms with Crippen molar-refractivity contribution in [2.45, 2.75) is 25.3 Å². The fraction of sp³-hybridized carbons (Fsp3) is 0.364. The van der Waals surface area contributed by atoms with Crippen LogP contribution in [0.2, 0.25) is 0 Å². The lowest BCUT2D eigenvalue weighted by molar-refractivity contribution is 0.0584. The first-order chi connectivity index (χ1) is 13.6. The van der Waals surface area contributed by atoms with Gasteiger partial charge in [0.25, 0.3) is 5.91 Å². The molecule has 146 valence electrons. The van der Waals surface area contributed by atoms with Crippen molar-refractivity contribution >= 4 is 11.6 Å². The van der Waals surface area contributed by atoms with Crippen molar-refractivity contribution in [1.29, 1.82) is 0 Å². The molecule has 1 fully saturated rings. The summed E-state index contributed by atoms with van der Waals surface area (Å²) in [6, 6.07) is 15.4. The van der Waals surface area contributed by atoms with E-state index in [1.165, 1.54) is 9.96 Å². The molecule has 0 aliphatic carbocycles. The van der Waals surface area contributed by atoms with Gasteiger partial charge in [0, 0.05) is 18.8 Å². The van der Waals surface area contributed by atoms with Crippen LogP contribution in [0, 0.1) is 5.95 Å². The Bertz CT molecular complexity index is 948. The highest BCUT2D eigenvalue weighted by atomic mass is 19.1. The fourth-order valence-corrected chi connectivity index (χ4v) is 3.89. The van der Waals surface area contributed by atoms with Crippen LogP contribution in [0.4, 0.5) is 4.39 Å². The van der Waals surface area contributed by atoms with Gasteiger partial charge in [-0.3, -0.25) is 9.20 Å². The normalized spacial score (nSPS) is 15.8. The van der Waals surface area contributed by atoms with Gasteiger partial charge in [0.05, 0.1) is 0 Å². The number of piperidine rings is 1. The summed E-state index contributed by atoms with van der Waals surface area (Å²) >= 11 is 0. The zero-order valence-electron chi connectivity index (χ0n) is 16.1. The number of pyridine rings is 1. The molecule has 1 aliphatic rings. The van der Waals surface area contributed by atoms with Gasteiger partial charge in [0.15, 0.2) is 5.69 Å². The monoisotopic (exact) mass is 380 g/mol. The van der Waals surface area contributed by atoms with E-state index in [9.17, 15) is 9.18 Å². The van der Waals surface area contributed by atoms with E-state index in [4.69, 9.17) is 0 Å². The second-order valence-corrected chi connectivity index (χ2v) is 7.45. The third-order valence-electron chi connectivity index (χ3n) is 5.55. The van der Waals surface area contributed by atoms with Crippen molar-refractivity contribution in [3.63, 3.8) is 0 Å². The van der Waals surface area contributed by atoms with E-state index in [-0.39, 0.29) is 17.6 Å². The van der Waals surface area contributed by atoms with Crippen LogP contribution in [0.3, 0.4) is 0 Å². The Morgan fingerprint density at radius 1 is 1.14 bits per heavy atom. The molecule has 1 aromatic carbocycles. The molecule has 6 heteroatoms. The number of carbonyl (C=O) groups is 1. The van der Waals surface area contributed by atoms with Crippen LogP contribution >= 0.6 is 0 Å². The third-order valence-corrected chi connectivity index (χ3v) is 5.55. The van der Waals surface area contributed by atoms with Crippen molar-refractivity contribution in [3.05, 3.63) is 71.9 Å². The molecule has 0 spiro atoms. The Labute approximate surface area is 164 Å². The third kappa shape index (κ3) is 3.78. The summed E-state index contributed by atoms with van der Waals surface area (Å²) in [6.07, 6.45) is 4.13. The summed E-state index contributed by atoms with van der Waals surface area (Å²) < 4.78 is 16.2. The van der Waals surface area contributed by atoms with E-state index in [1.54, 1.807) is 24.4 Å². The Kier molecular flexibility index (Phi) is 5.39. The number of amides is 1. The minimum Gasteiger partial charge on any atom is -0.334 e. The van der Waals surface area contributed by atoms with Gasteiger partial charge < -0.3 is 9.80 Å². The number of hydrogen-bond acceptors (Lipinski definition) is 3.